The van der Waals surface area contributed by atoms with Crippen LogP contribution in [0.1, 0.15) is 46.8 Å². The fourth-order valence-corrected chi connectivity index (χ4v) is 4.56. The van der Waals surface area contributed by atoms with Gasteiger partial charge in [0.15, 0.2) is 0 Å². The Balaban J connectivity index is 1.69. The summed E-state index contributed by atoms with van der Waals surface area (Å²) in [5.41, 5.74) is 1.34. The summed E-state index contributed by atoms with van der Waals surface area (Å²) in [4.78, 5) is 28.1. The van der Waals surface area contributed by atoms with Crippen LogP contribution in [0.4, 0.5) is 5.95 Å². The largest absolute Gasteiger partial charge is 0.339 e. The topological polar surface area (TPSA) is 49.3 Å². The van der Waals surface area contributed by atoms with Crippen molar-refractivity contribution in [1.29, 1.82) is 0 Å². The number of hydrogen-bond donors (Lipinski definition) is 0. The number of aryl methyl sites for hydroxylation is 2. The van der Waals surface area contributed by atoms with Crippen LogP contribution < -0.4 is 4.90 Å². The lowest BCUT2D eigenvalue weighted by Crippen LogP contribution is -2.35. The van der Waals surface area contributed by atoms with E-state index in [0.717, 1.165) is 62.7 Å². The first-order valence-corrected chi connectivity index (χ1v) is 9.97. The first kappa shape index (κ1) is 17.9. The monoisotopic (exact) mass is 358 g/mol. The summed E-state index contributed by atoms with van der Waals surface area (Å²) in [6, 6.07) is 3.94. The van der Waals surface area contributed by atoms with Gasteiger partial charge in [0.05, 0.1) is 4.88 Å². The first-order chi connectivity index (χ1) is 12.2. The molecule has 1 saturated heterocycles. The predicted octanol–water partition coefficient (Wildman–Crippen LogP) is 3.41. The number of amides is 1. The van der Waals surface area contributed by atoms with Crippen molar-refractivity contribution in [3.05, 3.63) is 39.8 Å². The van der Waals surface area contributed by atoms with Crippen molar-refractivity contribution in [2.45, 2.75) is 39.5 Å². The van der Waals surface area contributed by atoms with Gasteiger partial charge < -0.3 is 9.80 Å². The molecular weight excluding hydrogens is 332 g/mol. The van der Waals surface area contributed by atoms with E-state index in [2.05, 4.69) is 34.8 Å². The van der Waals surface area contributed by atoms with Crippen molar-refractivity contribution in [2.24, 2.45) is 0 Å². The maximum absolute atomic E-state index is 13.0. The van der Waals surface area contributed by atoms with E-state index in [4.69, 9.17) is 0 Å². The molecule has 6 heteroatoms. The van der Waals surface area contributed by atoms with Crippen LogP contribution in [0.3, 0.4) is 0 Å². The van der Waals surface area contributed by atoms with Crippen molar-refractivity contribution in [2.75, 3.05) is 31.1 Å². The summed E-state index contributed by atoms with van der Waals surface area (Å²) in [6.45, 7) is 7.54. The number of thiophene rings is 1. The highest BCUT2D eigenvalue weighted by atomic mass is 32.1. The molecule has 2 aromatic rings. The van der Waals surface area contributed by atoms with E-state index in [9.17, 15) is 4.79 Å². The molecule has 0 bridgehead atoms. The molecule has 3 heterocycles. The van der Waals surface area contributed by atoms with Gasteiger partial charge in [0.2, 0.25) is 5.95 Å². The summed E-state index contributed by atoms with van der Waals surface area (Å²) in [5.74, 6) is 0.935. The zero-order chi connectivity index (χ0) is 17.6. The molecule has 1 aliphatic rings. The second-order valence-electron chi connectivity index (χ2n) is 6.34. The van der Waals surface area contributed by atoms with Crippen molar-refractivity contribution in [1.82, 2.24) is 14.9 Å². The Morgan fingerprint density at radius 1 is 1.16 bits per heavy atom. The summed E-state index contributed by atoms with van der Waals surface area (Å²) in [7, 11) is 0. The molecule has 25 heavy (non-hydrogen) atoms. The van der Waals surface area contributed by atoms with Gasteiger partial charge >= 0.3 is 0 Å². The molecule has 1 fully saturated rings. The molecule has 0 aromatic carbocycles. The quantitative estimate of drug-likeness (QED) is 0.822. The van der Waals surface area contributed by atoms with Crippen LogP contribution in [0.5, 0.6) is 0 Å². The van der Waals surface area contributed by atoms with Crippen LogP contribution in [-0.4, -0.2) is 47.0 Å². The Hall–Kier alpha value is -1.95. The molecule has 2 aromatic heterocycles. The average Bonchev–Trinajstić information content (AvgIpc) is 2.89. The molecular formula is C19H26N4OS. The second kappa shape index (κ2) is 8.43. The molecule has 0 atom stereocenters. The molecule has 1 aliphatic heterocycles. The number of aromatic nitrogens is 2. The first-order valence-electron chi connectivity index (χ1n) is 9.15. The smallest absolute Gasteiger partial charge is 0.263 e. The van der Waals surface area contributed by atoms with Gasteiger partial charge in [-0.05, 0) is 37.0 Å². The number of carbonyl (C=O) groups is 1. The minimum absolute atomic E-state index is 0.179. The van der Waals surface area contributed by atoms with E-state index in [-0.39, 0.29) is 5.91 Å². The summed E-state index contributed by atoms with van der Waals surface area (Å²) in [5, 5.41) is 0. The fraction of sp³-hybridized carbons (Fsp3) is 0.526. The number of hydrogen-bond acceptors (Lipinski definition) is 5. The Kier molecular flexibility index (Phi) is 6.02. The third-order valence-electron chi connectivity index (χ3n) is 4.58. The molecule has 0 aliphatic carbocycles. The van der Waals surface area contributed by atoms with Crippen LogP contribution in [0.2, 0.25) is 0 Å². The number of rotatable bonds is 5. The van der Waals surface area contributed by atoms with E-state index < -0.39 is 0 Å². The minimum Gasteiger partial charge on any atom is -0.339 e. The highest BCUT2D eigenvalue weighted by molar-refractivity contribution is 7.14. The molecule has 5 nitrogen and oxygen atoms in total. The minimum atomic E-state index is 0.179. The SMILES string of the molecule is CCCc1sc(C(=O)N2CCCN(c3ncccn3)CC2)cc1CC. The fourth-order valence-electron chi connectivity index (χ4n) is 3.24. The van der Waals surface area contributed by atoms with E-state index in [0.29, 0.717) is 0 Å². The molecule has 0 N–H and O–H groups in total. The van der Waals surface area contributed by atoms with Gasteiger partial charge in [0.25, 0.3) is 5.91 Å². The van der Waals surface area contributed by atoms with Gasteiger partial charge in [0.1, 0.15) is 0 Å². The lowest BCUT2D eigenvalue weighted by atomic mass is 10.1. The lowest BCUT2D eigenvalue weighted by molar-refractivity contribution is 0.0771. The molecule has 134 valence electrons. The third-order valence-corrected chi connectivity index (χ3v) is 5.81. The zero-order valence-corrected chi connectivity index (χ0v) is 15.9. The molecule has 0 spiro atoms. The zero-order valence-electron chi connectivity index (χ0n) is 15.1. The predicted molar refractivity (Wildman–Crippen MR) is 102 cm³/mol. The lowest BCUT2D eigenvalue weighted by Gasteiger charge is -2.21. The van der Waals surface area contributed by atoms with Crippen molar-refractivity contribution in [3.8, 4) is 0 Å². The summed E-state index contributed by atoms with van der Waals surface area (Å²) >= 11 is 1.68. The Labute approximate surface area is 153 Å². The molecule has 0 saturated carbocycles. The van der Waals surface area contributed by atoms with Crippen LogP contribution in [-0.2, 0) is 12.8 Å². The molecule has 0 unspecified atom stereocenters. The molecule has 0 radical (unpaired) electrons. The third kappa shape index (κ3) is 4.18. The maximum Gasteiger partial charge on any atom is 0.263 e. The summed E-state index contributed by atoms with van der Waals surface area (Å²) in [6.07, 6.45) is 7.67. The normalized spacial score (nSPS) is 15.3. The van der Waals surface area contributed by atoms with Crippen molar-refractivity contribution < 1.29 is 4.79 Å². The number of nitrogens with zero attached hydrogens (tertiary/aromatic N) is 4. The molecule has 1 amide bonds. The van der Waals surface area contributed by atoms with Crippen molar-refractivity contribution >= 4 is 23.2 Å². The Morgan fingerprint density at radius 2 is 1.96 bits per heavy atom. The highest BCUT2D eigenvalue weighted by Crippen LogP contribution is 2.26. The van der Waals surface area contributed by atoms with E-state index in [1.54, 1.807) is 23.7 Å². The van der Waals surface area contributed by atoms with Crippen LogP contribution >= 0.6 is 11.3 Å². The van der Waals surface area contributed by atoms with E-state index in [1.807, 2.05) is 11.0 Å². The van der Waals surface area contributed by atoms with Gasteiger partial charge in [-0.15, -0.1) is 11.3 Å². The van der Waals surface area contributed by atoms with E-state index >= 15 is 0 Å². The molecule has 3 rings (SSSR count). The van der Waals surface area contributed by atoms with Gasteiger partial charge in [0, 0.05) is 43.4 Å². The van der Waals surface area contributed by atoms with Crippen LogP contribution in [0, 0.1) is 0 Å². The standard InChI is InChI=1S/C19H26N4OS/c1-3-7-16-15(4-2)14-17(25-16)18(24)22-10-6-11-23(13-12-22)19-20-8-5-9-21-19/h5,8-9,14H,3-4,6-7,10-13H2,1-2H3. The van der Waals surface area contributed by atoms with E-state index in [1.165, 1.54) is 10.4 Å². The van der Waals surface area contributed by atoms with Gasteiger partial charge in [-0.2, -0.15) is 0 Å². The van der Waals surface area contributed by atoms with Crippen LogP contribution in [0.15, 0.2) is 24.5 Å². The van der Waals surface area contributed by atoms with Gasteiger partial charge in [-0.1, -0.05) is 20.3 Å². The van der Waals surface area contributed by atoms with Gasteiger partial charge in [-0.3, -0.25) is 4.79 Å². The van der Waals surface area contributed by atoms with Crippen LogP contribution in [0.25, 0.3) is 0 Å². The average molecular weight is 359 g/mol. The Bertz CT molecular complexity index is 701. The maximum atomic E-state index is 13.0. The van der Waals surface area contributed by atoms with Gasteiger partial charge in [-0.25, -0.2) is 9.97 Å². The number of anilines is 1. The second-order valence-corrected chi connectivity index (χ2v) is 7.48. The number of carbonyl (C=O) groups excluding carboxylic acids is 1. The Morgan fingerprint density at radius 3 is 2.68 bits per heavy atom. The van der Waals surface area contributed by atoms with Crippen molar-refractivity contribution in [3.63, 3.8) is 0 Å². The highest BCUT2D eigenvalue weighted by Gasteiger charge is 2.23. The summed E-state index contributed by atoms with van der Waals surface area (Å²) < 4.78 is 0.